The van der Waals surface area contributed by atoms with Crippen LogP contribution >= 0.6 is 0 Å². The van der Waals surface area contributed by atoms with Crippen LogP contribution in [0.15, 0.2) is 60.8 Å². The fraction of sp³-hybridized carbons (Fsp3) is 0.308. The van der Waals surface area contributed by atoms with Gasteiger partial charge in [-0.25, -0.2) is 4.79 Å². The third-order valence-electron chi connectivity index (χ3n) is 5.97. The average molecular weight is 508 g/mol. The van der Waals surface area contributed by atoms with Gasteiger partial charge in [0.25, 0.3) is 0 Å². The molecule has 0 bridgehead atoms. The fourth-order valence-electron chi connectivity index (χ4n) is 4.03. The third kappa shape index (κ3) is 8.07. The summed E-state index contributed by atoms with van der Waals surface area (Å²) >= 11 is 0. The second-order valence-electron chi connectivity index (χ2n) is 8.80. The molecule has 0 saturated heterocycles. The number of aromatic nitrogens is 1. The first-order valence-corrected chi connectivity index (χ1v) is 12.0. The molecule has 11 nitrogen and oxygen atoms in total. The molecule has 196 valence electrons. The Bertz CT molecular complexity index is 1230. The van der Waals surface area contributed by atoms with Crippen LogP contribution in [0.1, 0.15) is 24.0 Å². The maximum atomic E-state index is 13.1. The third-order valence-corrected chi connectivity index (χ3v) is 5.97. The number of carboxylic acids is 1. The number of carbonyl (C=O) groups excluding carboxylic acids is 2. The lowest BCUT2D eigenvalue weighted by atomic mass is 10.0. The highest BCUT2D eigenvalue weighted by molar-refractivity contribution is 5.92. The molecule has 0 aliphatic heterocycles. The summed E-state index contributed by atoms with van der Waals surface area (Å²) in [5, 5.41) is 25.6. The lowest BCUT2D eigenvalue weighted by Crippen LogP contribution is -2.55. The van der Waals surface area contributed by atoms with Crippen LogP contribution in [0.4, 0.5) is 0 Å². The second kappa shape index (κ2) is 13.1. The normalized spacial score (nSPS) is 13.3. The molecule has 1 aromatic heterocycles. The van der Waals surface area contributed by atoms with Gasteiger partial charge in [-0.2, -0.15) is 0 Å². The van der Waals surface area contributed by atoms with Crippen molar-refractivity contribution in [1.82, 2.24) is 20.9 Å². The molecule has 1 heterocycles. The zero-order valence-corrected chi connectivity index (χ0v) is 20.4. The number of carboxylic acid groups (broad SMARTS) is 1. The van der Waals surface area contributed by atoms with Crippen LogP contribution in [-0.2, 0) is 27.2 Å². The Morgan fingerprint density at radius 2 is 1.62 bits per heavy atom. The standard InChI is InChI=1S/C26H33N7O4/c27-19(14-17-15-31-20-10-5-4-9-18(17)20)23(34)33-22(13-16-7-2-1-3-8-16)24(35)32-21(25(36)37)11-6-12-30-26(28)29/h1-5,7-10,15,19,21-22,31H,6,11-14,27H2,(H,32,35)(H,33,34)(H,36,37)(H4,28,29,30)/t19-,21-,22-/m0/s1. The van der Waals surface area contributed by atoms with E-state index in [1.165, 1.54) is 0 Å². The molecule has 37 heavy (non-hydrogen) atoms. The zero-order valence-electron chi connectivity index (χ0n) is 20.4. The van der Waals surface area contributed by atoms with Crippen LogP contribution in [-0.4, -0.2) is 58.5 Å². The summed E-state index contributed by atoms with van der Waals surface area (Å²) in [5.41, 5.74) is 14.1. The summed E-state index contributed by atoms with van der Waals surface area (Å²) in [7, 11) is 0. The van der Waals surface area contributed by atoms with Gasteiger partial charge in [0.15, 0.2) is 5.96 Å². The molecule has 3 rings (SSSR count). The Morgan fingerprint density at radius 1 is 0.946 bits per heavy atom. The van der Waals surface area contributed by atoms with Crippen molar-refractivity contribution in [2.45, 2.75) is 43.8 Å². The minimum absolute atomic E-state index is 0.118. The van der Waals surface area contributed by atoms with Gasteiger partial charge in [0.2, 0.25) is 11.8 Å². The smallest absolute Gasteiger partial charge is 0.326 e. The Hall–Kier alpha value is -4.38. The predicted molar refractivity (Wildman–Crippen MR) is 141 cm³/mol. The molecule has 0 saturated carbocycles. The number of nitrogens with one attached hydrogen (secondary N) is 5. The number of nitrogens with two attached hydrogens (primary N) is 2. The molecule has 0 fully saturated rings. The number of guanidine groups is 1. The first kappa shape index (κ1) is 27.2. The first-order chi connectivity index (χ1) is 17.7. The van der Waals surface area contributed by atoms with Gasteiger partial charge in [-0.1, -0.05) is 48.5 Å². The van der Waals surface area contributed by atoms with Gasteiger partial charge in [0, 0.05) is 30.1 Å². The van der Waals surface area contributed by atoms with E-state index in [1.54, 1.807) is 0 Å². The van der Waals surface area contributed by atoms with Gasteiger partial charge in [0.1, 0.15) is 12.1 Å². The first-order valence-electron chi connectivity index (χ1n) is 12.0. The number of para-hydroxylation sites is 1. The van der Waals surface area contributed by atoms with Gasteiger partial charge in [-0.05, 0) is 36.5 Å². The molecule has 0 aliphatic rings. The van der Waals surface area contributed by atoms with E-state index < -0.39 is 35.9 Å². The van der Waals surface area contributed by atoms with Crippen LogP contribution in [0.2, 0.25) is 0 Å². The van der Waals surface area contributed by atoms with E-state index in [4.69, 9.17) is 16.9 Å². The van der Waals surface area contributed by atoms with E-state index in [9.17, 15) is 19.5 Å². The summed E-state index contributed by atoms with van der Waals surface area (Å²) in [6.45, 7) is 0.294. The van der Waals surface area contributed by atoms with Crippen molar-refractivity contribution in [2.24, 2.45) is 11.5 Å². The molecule has 10 N–H and O–H groups in total. The average Bonchev–Trinajstić information content (AvgIpc) is 3.28. The largest absolute Gasteiger partial charge is 0.480 e. The Balaban J connectivity index is 1.68. The molecule has 0 aliphatic carbocycles. The van der Waals surface area contributed by atoms with Crippen molar-refractivity contribution in [2.75, 3.05) is 6.54 Å². The predicted octanol–water partition coefficient (Wildman–Crippen LogP) is 0.598. The maximum absolute atomic E-state index is 13.1. The monoisotopic (exact) mass is 507 g/mol. The van der Waals surface area contributed by atoms with E-state index in [-0.39, 0.29) is 25.2 Å². The molecule has 0 spiro atoms. The number of carbonyl (C=O) groups is 3. The highest BCUT2D eigenvalue weighted by Gasteiger charge is 2.28. The maximum Gasteiger partial charge on any atom is 0.326 e. The molecule has 3 atom stereocenters. The summed E-state index contributed by atoms with van der Waals surface area (Å²) in [4.78, 5) is 41.1. The molecule has 2 aromatic carbocycles. The van der Waals surface area contributed by atoms with E-state index in [1.807, 2.05) is 60.8 Å². The van der Waals surface area contributed by atoms with Crippen LogP contribution in [0.5, 0.6) is 0 Å². The number of benzene rings is 2. The zero-order chi connectivity index (χ0) is 26.8. The van der Waals surface area contributed by atoms with Crippen LogP contribution in [0.25, 0.3) is 10.9 Å². The van der Waals surface area contributed by atoms with Crippen molar-refractivity contribution in [3.05, 3.63) is 71.9 Å². The van der Waals surface area contributed by atoms with Crippen LogP contribution < -0.4 is 27.4 Å². The fourth-order valence-corrected chi connectivity index (χ4v) is 4.03. The van der Waals surface area contributed by atoms with Crippen molar-refractivity contribution < 1.29 is 19.5 Å². The highest BCUT2D eigenvalue weighted by atomic mass is 16.4. The number of H-pyrrole nitrogens is 1. The molecular weight excluding hydrogens is 474 g/mol. The topological polar surface area (TPSA) is 199 Å². The second-order valence-corrected chi connectivity index (χ2v) is 8.80. The van der Waals surface area contributed by atoms with Gasteiger partial charge < -0.3 is 37.5 Å². The van der Waals surface area contributed by atoms with Crippen LogP contribution in [0, 0.1) is 5.41 Å². The number of aromatic amines is 1. The van der Waals surface area contributed by atoms with E-state index in [0.29, 0.717) is 13.0 Å². The molecule has 0 radical (unpaired) electrons. The van der Waals surface area contributed by atoms with Gasteiger partial charge in [-0.15, -0.1) is 0 Å². The molecule has 11 heteroatoms. The summed E-state index contributed by atoms with van der Waals surface area (Å²) in [6, 6.07) is 13.7. The lowest BCUT2D eigenvalue weighted by molar-refractivity contribution is -0.142. The van der Waals surface area contributed by atoms with Crippen molar-refractivity contribution in [3.8, 4) is 0 Å². The lowest BCUT2D eigenvalue weighted by Gasteiger charge is -2.23. The Kier molecular flexibility index (Phi) is 9.61. The Labute approximate surface area is 214 Å². The Morgan fingerprint density at radius 3 is 2.32 bits per heavy atom. The number of rotatable bonds is 13. The minimum Gasteiger partial charge on any atom is -0.480 e. The number of hydrogen-bond acceptors (Lipinski definition) is 5. The van der Waals surface area contributed by atoms with E-state index in [2.05, 4.69) is 20.9 Å². The molecule has 0 unspecified atom stereocenters. The molecule has 3 aromatic rings. The van der Waals surface area contributed by atoms with Gasteiger partial charge >= 0.3 is 5.97 Å². The summed E-state index contributed by atoms with van der Waals surface area (Å²) in [6.07, 6.45) is 2.72. The number of aliphatic carboxylic acids is 1. The van der Waals surface area contributed by atoms with Crippen LogP contribution in [0.3, 0.4) is 0 Å². The van der Waals surface area contributed by atoms with Crippen molar-refractivity contribution in [3.63, 3.8) is 0 Å². The quantitative estimate of drug-likeness (QED) is 0.0940. The highest BCUT2D eigenvalue weighted by Crippen LogP contribution is 2.19. The number of amides is 2. The molecular formula is C26H33N7O4. The minimum atomic E-state index is -1.20. The van der Waals surface area contributed by atoms with Gasteiger partial charge in [0.05, 0.1) is 6.04 Å². The number of fused-ring (bicyclic) bond motifs is 1. The SMILES string of the molecule is N=C(N)NCCC[C@H](NC(=O)[C@H](Cc1ccccc1)NC(=O)[C@@H](N)Cc1c[nH]c2ccccc12)C(=O)O. The summed E-state index contributed by atoms with van der Waals surface area (Å²) < 4.78 is 0. The summed E-state index contributed by atoms with van der Waals surface area (Å²) in [5.74, 6) is -2.55. The number of hydrogen-bond donors (Lipinski definition) is 8. The van der Waals surface area contributed by atoms with E-state index in [0.717, 1.165) is 22.0 Å². The molecule has 2 amide bonds. The van der Waals surface area contributed by atoms with Crippen molar-refractivity contribution in [1.29, 1.82) is 5.41 Å². The van der Waals surface area contributed by atoms with Gasteiger partial charge in [-0.3, -0.25) is 15.0 Å². The van der Waals surface area contributed by atoms with E-state index >= 15 is 0 Å². The van der Waals surface area contributed by atoms with Crippen molar-refractivity contribution >= 4 is 34.6 Å².